The SMILES string of the molecule is CC[N@@+]1(CC(N)=O)CCCC1=O. The highest BCUT2D eigenvalue weighted by Gasteiger charge is 2.40. The highest BCUT2D eigenvalue weighted by molar-refractivity contribution is 5.79. The molecule has 0 aliphatic carbocycles. The van der Waals surface area contributed by atoms with Crippen LogP contribution in [0.15, 0.2) is 0 Å². The second-order valence-electron chi connectivity index (χ2n) is 3.31. The quantitative estimate of drug-likeness (QED) is 0.589. The molecule has 1 atom stereocenters. The number of quaternary nitrogens is 1. The Bertz CT molecular complexity index is 215. The van der Waals surface area contributed by atoms with E-state index in [2.05, 4.69) is 0 Å². The number of rotatable bonds is 3. The highest BCUT2D eigenvalue weighted by Crippen LogP contribution is 2.19. The topological polar surface area (TPSA) is 60.2 Å². The molecule has 4 nitrogen and oxygen atoms in total. The van der Waals surface area contributed by atoms with Gasteiger partial charge in [-0.25, -0.2) is 4.79 Å². The van der Waals surface area contributed by atoms with Crippen molar-refractivity contribution in [3.63, 3.8) is 0 Å². The maximum absolute atomic E-state index is 11.4. The molecular weight excluding hydrogens is 156 g/mol. The molecule has 4 heteroatoms. The average Bonchev–Trinajstić information content (AvgIpc) is 2.32. The van der Waals surface area contributed by atoms with Crippen molar-refractivity contribution < 1.29 is 14.1 Å². The van der Waals surface area contributed by atoms with Gasteiger partial charge in [-0.3, -0.25) is 9.28 Å². The van der Waals surface area contributed by atoms with Gasteiger partial charge in [-0.1, -0.05) is 0 Å². The smallest absolute Gasteiger partial charge is 0.314 e. The summed E-state index contributed by atoms with van der Waals surface area (Å²) >= 11 is 0. The summed E-state index contributed by atoms with van der Waals surface area (Å²) in [5.74, 6) is -0.219. The highest BCUT2D eigenvalue weighted by atomic mass is 16.2. The van der Waals surface area contributed by atoms with E-state index in [0.717, 1.165) is 13.0 Å². The van der Waals surface area contributed by atoms with Crippen LogP contribution in [0, 0.1) is 0 Å². The van der Waals surface area contributed by atoms with Gasteiger partial charge in [0.25, 0.3) is 5.91 Å². The van der Waals surface area contributed by atoms with Crippen molar-refractivity contribution in [1.29, 1.82) is 0 Å². The zero-order valence-corrected chi connectivity index (χ0v) is 7.38. The number of carbonyl (C=O) groups excluding carboxylic acids is 2. The van der Waals surface area contributed by atoms with Crippen LogP contribution in [0.3, 0.4) is 0 Å². The van der Waals surface area contributed by atoms with E-state index in [-0.39, 0.29) is 22.8 Å². The minimum absolute atomic E-state index is 0.163. The van der Waals surface area contributed by atoms with Gasteiger partial charge in [0.1, 0.15) is 0 Å². The molecule has 2 N–H and O–H groups in total. The van der Waals surface area contributed by atoms with Crippen molar-refractivity contribution in [2.45, 2.75) is 19.8 Å². The molecule has 0 spiro atoms. The summed E-state index contributed by atoms with van der Waals surface area (Å²) in [6.07, 6.45) is 1.49. The Labute approximate surface area is 71.9 Å². The zero-order valence-electron chi connectivity index (χ0n) is 7.38. The molecule has 1 heterocycles. The first kappa shape index (κ1) is 9.19. The third-order valence-corrected chi connectivity index (χ3v) is 2.57. The molecule has 12 heavy (non-hydrogen) atoms. The van der Waals surface area contributed by atoms with Gasteiger partial charge in [-0.15, -0.1) is 0 Å². The first-order chi connectivity index (χ1) is 5.60. The van der Waals surface area contributed by atoms with Crippen molar-refractivity contribution >= 4 is 11.8 Å². The predicted octanol–water partition coefficient (Wildman–Crippen LogP) is -0.371. The van der Waals surface area contributed by atoms with Gasteiger partial charge in [-0.2, -0.15) is 0 Å². The van der Waals surface area contributed by atoms with E-state index in [9.17, 15) is 9.59 Å². The van der Waals surface area contributed by atoms with Crippen LogP contribution in [0.1, 0.15) is 19.8 Å². The van der Waals surface area contributed by atoms with E-state index >= 15 is 0 Å². The van der Waals surface area contributed by atoms with Crippen LogP contribution < -0.4 is 5.73 Å². The number of nitrogens with zero attached hydrogens (tertiary/aromatic N) is 1. The van der Waals surface area contributed by atoms with Crippen molar-refractivity contribution in [3.05, 3.63) is 0 Å². The third-order valence-electron chi connectivity index (χ3n) is 2.57. The Morgan fingerprint density at radius 3 is 2.67 bits per heavy atom. The van der Waals surface area contributed by atoms with Crippen LogP contribution in [0.2, 0.25) is 0 Å². The molecule has 1 rings (SSSR count). The lowest BCUT2D eigenvalue weighted by molar-refractivity contribution is -0.836. The third kappa shape index (κ3) is 1.48. The molecule has 0 aromatic rings. The number of likely N-dealkylation sites (tertiary alicyclic amines) is 1. The summed E-state index contributed by atoms with van der Waals surface area (Å²) in [7, 11) is 0. The van der Waals surface area contributed by atoms with E-state index < -0.39 is 0 Å². The lowest BCUT2D eigenvalue weighted by Gasteiger charge is -2.28. The minimum atomic E-state index is -0.382. The monoisotopic (exact) mass is 171 g/mol. The van der Waals surface area contributed by atoms with Crippen LogP contribution in [0.25, 0.3) is 0 Å². The summed E-state index contributed by atoms with van der Waals surface area (Å²) in [5, 5.41) is 0. The number of carbonyl (C=O) groups is 2. The molecule has 1 aliphatic heterocycles. The zero-order chi connectivity index (χ0) is 9.19. The molecule has 0 bridgehead atoms. The van der Waals surface area contributed by atoms with Gasteiger partial charge in [0, 0.05) is 6.42 Å². The van der Waals surface area contributed by atoms with Crippen LogP contribution in [-0.2, 0) is 9.59 Å². The predicted molar refractivity (Wildman–Crippen MR) is 44.0 cm³/mol. The maximum atomic E-state index is 11.4. The number of amides is 2. The minimum Gasteiger partial charge on any atom is -0.365 e. The van der Waals surface area contributed by atoms with Gasteiger partial charge < -0.3 is 5.73 Å². The first-order valence-corrected chi connectivity index (χ1v) is 4.28. The standard InChI is InChI=1S/C8H14N2O2/c1-2-10(6-7(9)11)5-3-4-8(10)12/h2-6H2,1H3,(H-,9,11)/p+1/t10-/m0/s1. The number of likely N-dealkylation sites (N-methyl/N-ethyl adjacent to an activating group) is 1. The lowest BCUT2D eigenvalue weighted by atomic mass is 10.3. The summed E-state index contributed by atoms with van der Waals surface area (Å²) < 4.78 is 0.273. The molecule has 0 saturated carbocycles. The van der Waals surface area contributed by atoms with E-state index in [1.807, 2.05) is 6.92 Å². The fraction of sp³-hybridized carbons (Fsp3) is 0.750. The molecule has 0 radical (unpaired) electrons. The van der Waals surface area contributed by atoms with Crippen molar-refractivity contribution in [1.82, 2.24) is 0 Å². The lowest BCUT2D eigenvalue weighted by Crippen LogP contribution is -2.53. The molecule has 0 aromatic carbocycles. The number of hydrogen-bond donors (Lipinski definition) is 1. The Hall–Kier alpha value is -0.900. The molecule has 0 unspecified atom stereocenters. The maximum Gasteiger partial charge on any atom is 0.314 e. The van der Waals surface area contributed by atoms with E-state index in [1.165, 1.54) is 0 Å². The Balaban J connectivity index is 2.74. The summed E-state index contributed by atoms with van der Waals surface area (Å²) in [6.45, 7) is 3.56. The fourth-order valence-electron chi connectivity index (χ4n) is 1.81. The molecule has 2 amide bonds. The molecule has 68 valence electrons. The molecule has 1 saturated heterocycles. The number of primary amides is 1. The van der Waals surface area contributed by atoms with Gasteiger partial charge in [0.05, 0.1) is 19.5 Å². The van der Waals surface area contributed by atoms with Gasteiger partial charge >= 0.3 is 5.91 Å². The van der Waals surface area contributed by atoms with Gasteiger partial charge in [-0.05, 0) is 6.92 Å². The number of hydrogen-bond acceptors (Lipinski definition) is 2. The van der Waals surface area contributed by atoms with Gasteiger partial charge in [0.2, 0.25) is 0 Å². The Kier molecular flexibility index (Phi) is 2.47. The molecule has 0 aromatic heterocycles. The van der Waals surface area contributed by atoms with Crippen molar-refractivity contribution in [2.24, 2.45) is 5.73 Å². The second-order valence-corrected chi connectivity index (χ2v) is 3.31. The average molecular weight is 171 g/mol. The summed E-state index contributed by atoms with van der Waals surface area (Å²) in [6, 6.07) is 0. The Morgan fingerprint density at radius 1 is 1.67 bits per heavy atom. The second kappa shape index (κ2) is 3.23. The number of nitrogens with two attached hydrogens (primary N) is 1. The molecular formula is C8H15N2O2+. The van der Waals surface area contributed by atoms with E-state index in [0.29, 0.717) is 13.0 Å². The van der Waals surface area contributed by atoms with Crippen LogP contribution in [0.4, 0.5) is 0 Å². The Morgan fingerprint density at radius 2 is 2.33 bits per heavy atom. The summed E-state index contributed by atoms with van der Waals surface area (Å²) in [5.41, 5.74) is 5.09. The first-order valence-electron chi connectivity index (χ1n) is 4.28. The van der Waals surface area contributed by atoms with Crippen LogP contribution in [-0.4, -0.2) is 35.9 Å². The normalized spacial score (nSPS) is 29.2. The van der Waals surface area contributed by atoms with Crippen LogP contribution >= 0.6 is 0 Å². The fourth-order valence-corrected chi connectivity index (χ4v) is 1.81. The summed E-state index contributed by atoms with van der Waals surface area (Å²) in [4.78, 5) is 22.1. The molecule has 1 fully saturated rings. The van der Waals surface area contributed by atoms with Crippen molar-refractivity contribution in [3.8, 4) is 0 Å². The van der Waals surface area contributed by atoms with Crippen molar-refractivity contribution in [2.75, 3.05) is 19.6 Å². The molecule has 1 aliphatic rings. The van der Waals surface area contributed by atoms with E-state index in [1.54, 1.807) is 0 Å². The largest absolute Gasteiger partial charge is 0.365 e. The van der Waals surface area contributed by atoms with Gasteiger partial charge in [0.15, 0.2) is 6.54 Å². The van der Waals surface area contributed by atoms with E-state index in [4.69, 9.17) is 5.73 Å². The van der Waals surface area contributed by atoms with Crippen LogP contribution in [0.5, 0.6) is 0 Å².